The quantitative estimate of drug-likeness (QED) is 0.881. The lowest BCUT2D eigenvalue weighted by Gasteiger charge is -2.23. The molecule has 2 heterocycles. The molecule has 1 aliphatic carbocycles. The topological polar surface area (TPSA) is 61.3 Å². The Bertz CT molecular complexity index is 511. The van der Waals surface area contributed by atoms with E-state index >= 15 is 0 Å². The van der Waals surface area contributed by atoms with Crippen molar-refractivity contribution in [2.45, 2.75) is 51.6 Å². The van der Waals surface area contributed by atoms with Crippen molar-refractivity contribution in [2.75, 3.05) is 29.9 Å². The van der Waals surface area contributed by atoms with Crippen molar-refractivity contribution >= 4 is 11.6 Å². The number of hydrogen-bond acceptors (Lipinski definition) is 5. The highest BCUT2D eigenvalue weighted by Crippen LogP contribution is 2.40. The van der Waals surface area contributed by atoms with Gasteiger partial charge < -0.3 is 15.3 Å². The second-order valence-corrected chi connectivity index (χ2v) is 6.35. The summed E-state index contributed by atoms with van der Waals surface area (Å²) in [5.74, 6) is 3.45. The maximum atomic E-state index is 10.2. The molecule has 20 heavy (non-hydrogen) atoms. The number of hydrogen-bond donors (Lipinski definition) is 2. The van der Waals surface area contributed by atoms with Gasteiger partial charge in [-0.25, -0.2) is 9.97 Å². The van der Waals surface area contributed by atoms with E-state index in [-0.39, 0.29) is 0 Å². The molecule has 2 N–H and O–H groups in total. The fraction of sp³-hybridized carbons (Fsp3) is 0.733. The summed E-state index contributed by atoms with van der Waals surface area (Å²) in [6.45, 7) is 8.42. The number of β-amino-alcohol motifs (C(OH)–C–C–N with tert-alkyl or cyclic N) is 1. The molecule has 0 amide bonds. The normalized spacial score (nSPS) is 26.1. The van der Waals surface area contributed by atoms with Crippen LogP contribution < -0.4 is 10.2 Å². The summed E-state index contributed by atoms with van der Waals surface area (Å²) >= 11 is 0. The highest BCUT2D eigenvalue weighted by Gasteiger charge is 2.34. The summed E-state index contributed by atoms with van der Waals surface area (Å²) in [4.78, 5) is 11.7. The second kappa shape index (κ2) is 4.88. The van der Waals surface area contributed by atoms with Crippen molar-refractivity contribution in [2.24, 2.45) is 0 Å². The van der Waals surface area contributed by atoms with Crippen LogP contribution in [0.25, 0.3) is 0 Å². The standard InChI is InChI=1S/C15H24N4O/c1-4-16-12-10(2)14(18-13(17-12)11-5-6-11)19-8-7-15(3,20)9-19/h11,20H,4-9H2,1-3H3,(H,16,17,18). The third-order valence-corrected chi connectivity index (χ3v) is 4.18. The summed E-state index contributed by atoms with van der Waals surface area (Å²) in [5.41, 5.74) is 0.490. The minimum atomic E-state index is -0.602. The van der Waals surface area contributed by atoms with Gasteiger partial charge in [0.05, 0.1) is 5.60 Å². The van der Waals surface area contributed by atoms with Crippen molar-refractivity contribution in [3.63, 3.8) is 0 Å². The smallest absolute Gasteiger partial charge is 0.137 e. The van der Waals surface area contributed by atoms with Crippen LogP contribution in [-0.2, 0) is 0 Å². The van der Waals surface area contributed by atoms with Crippen molar-refractivity contribution in [1.82, 2.24) is 9.97 Å². The van der Waals surface area contributed by atoms with Gasteiger partial charge in [-0.15, -0.1) is 0 Å². The maximum absolute atomic E-state index is 10.2. The van der Waals surface area contributed by atoms with Gasteiger partial charge in [0.2, 0.25) is 0 Å². The van der Waals surface area contributed by atoms with E-state index in [4.69, 9.17) is 4.98 Å². The molecule has 1 unspecified atom stereocenters. The van der Waals surface area contributed by atoms with Gasteiger partial charge in [0, 0.05) is 31.1 Å². The number of aromatic nitrogens is 2. The van der Waals surface area contributed by atoms with Crippen molar-refractivity contribution < 1.29 is 5.11 Å². The highest BCUT2D eigenvalue weighted by molar-refractivity contribution is 5.59. The summed E-state index contributed by atoms with van der Waals surface area (Å²) in [5, 5.41) is 13.5. The third kappa shape index (κ3) is 2.59. The van der Waals surface area contributed by atoms with Gasteiger partial charge in [-0.05, 0) is 40.0 Å². The van der Waals surface area contributed by atoms with Crippen LogP contribution in [-0.4, -0.2) is 40.3 Å². The number of nitrogens with one attached hydrogen (secondary N) is 1. The summed E-state index contributed by atoms with van der Waals surface area (Å²) in [7, 11) is 0. The zero-order valence-corrected chi connectivity index (χ0v) is 12.6. The van der Waals surface area contributed by atoms with Gasteiger partial charge in [0.1, 0.15) is 17.5 Å². The molecule has 5 heteroatoms. The van der Waals surface area contributed by atoms with Crippen LogP contribution in [0.3, 0.4) is 0 Å². The van der Waals surface area contributed by atoms with E-state index < -0.39 is 5.60 Å². The molecule has 2 fully saturated rings. The summed E-state index contributed by atoms with van der Waals surface area (Å²) in [6, 6.07) is 0. The van der Waals surface area contributed by atoms with E-state index in [1.807, 2.05) is 6.92 Å². The van der Waals surface area contributed by atoms with Gasteiger partial charge in [-0.2, -0.15) is 0 Å². The number of rotatable bonds is 4. The lowest BCUT2D eigenvalue weighted by atomic mass is 10.1. The van der Waals surface area contributed by atoms with Gasteiger partial charge in [-0.1, -0.05) is 0 Å². The molecule has 3 rings (SSSR count). The fourth-order valence-electron chi connectivity index (χ4n) is 2.82. The molecule has 5 nitrogen and oxygen atoms in total. The Morgan fingerprint density at radius 3 is 2.70 bits per heavy atom. The first-order valence-electron chi connectivity index (χ1n) is 7.60. The molecule has 1 aliphatic heterocycles. The van der Waals surface area contributed by atoms with E-state index in [9.17, 15) is 5.11 Å². The Labute approximate surface area is 120 Å². The molecule has 110 valence electrons. The van der Waals surface area contributed by atoms with E-state index in [2.05, 4.69) is 29.0 Å². The van der Waals surface area contributed by atoms with Gasteiger partial charge in [-0.3, -0.25) is 0 Å². The predicted molar refractivity (Wildman–Crippen MR) is 80.4 cm³/mol. The van der Waals surface area contributed by atoms with Crippen LogP contribution >= 0.6 is 0 Å². The Morgan fingerprint density at radius 1 is 1.40 bits per heavy atom. The Hall–Kier alpha value is -1.36. The molecule has 0 bridgehead atoms. The third-order valence-electron chi connectivity index (χ3n) is 4.18. The second-order valence-electron chi connectivity index (χ2n) is 6.35. The van der Waals surface area contributed by atoms with Crippen LogP contribution in [0, 0.1) is 6.92 Å². The van der Waals surface area contributed by atoms with Crippen molar-refractivity contribution in [3.05, 3.63) is 11.4 Å². The molecule has 0 radical (unpaired) electrons. The molecule has 1 saturated carbocycles. The Morgan fingerprint density at radius 2 is 2.15 bits per heavy atom. The average molecular weight is 276 g/mol. The fourth-order valence-corrected chi connectivity index (χ4v) is 2.82. The minimum absolute atomic E-state index is 0.537. The number of nitrogens with zero attached hydrogens (tertiary/aromatic N) is 3. The largest absolute Gasteiger partial charge is 0.388 e. The first kappa shape index (κ1) is 13.6. The SMILES string of the molecule is CCNc1nc(C2CC2)nc(N2CCC(C)(O)C2)c1C. The summed E-state index contributed by atoms with van der Waals surface area (Å²) < 4.78 is 0. The van der Waals surface area contributed by atoms with Crippen LogP contribution in [0.4, 0.5) is 11.6 Å². The number of aliphatic hydroxyl groups is 1. The Balaban J connectivity index is 1.96. The maximum Gasteiger partial charge on any atom is 0.137 e. The molecule has 0 spiro atoms. The highest BCUT2D eigenvalue weighted by atomic mass is 16.3. The predicted octanol–water partition coefficient (Wildman–Crippen LogP) is 2.06. The molecule has 2 aliphatic rings. The van der Waals surface area contributed by atoms with E-state index in [0.29, 0.717) is 12.5 Å². The van der Waals surface area contributed by atoms with Crippen molar-refractivity contribution in [3.8, 4) is 0 Å². The zero-order chi connectivity index (χ0) is 14.3. The van der Waals surface area contributed by atoms with Gasteiger partial charge in [0.15, 0.2) is 0 Å². The van der Waals surface area contributed by atoms with E-state index in [0.717, 1.165) is 42.5 Å². The molecular weight excluding hydrogens is 252 g/mol. The van der Waals surface area contributed by atoms with Crippen LogP contribution in [0.1, 0.15) is 50.4 Å². The first-order valence-corrected chi connectivity index (χ1v) is 7.60. The Kier molecular flexibility index (Phi) is 3.32. The molecule has 1 aromatic rings. The van der Waals surface area contributed by atoms with Gasteiger partial charge >= 0.3 is 0 Å². The zero-order valence-electron chi connectivity index (χ0n) is 12.6. The van der Waals surface area contributed by atoms with Crippen LogP contribution in [0.2, 0.25) is 0 Å². The number of anilines is 2. The van der Waals surface area contributed by atoms with E-state index in [1.165, 1.54) is 12.8 Å². The lowest BCUT2D eigenvalue weighted by molar-refractivity contribution is 0.0839. The van der Waals surface area contributed by atoms with E-state index in [1.54, 1.807) is 0 Å². The molecule has 1 aromatic heterocycles. The monoisotopic (exact) mass is 276 g/mol. The van der Waals surface area contributed by atoms with Gasteiger partial charge in [0.25, 0.3) is 0 Å². The minimum Gasteiger partial charge on any atom is -0.388 e. The lowest BCUT2D eigenvalue weighted by Crippen LogP contribution is -2.30. The molecular formula is C15H24N4O. The molecule has 1 saturated heterocycles. The molecule has 1 atom stereocenters. The first-order chi connectivity index (χ1) is 9.50. The average Bonchev–Trinajstić information content (AvgIpc) is 3.17. The summed E-state index contributed by atoms with van der Waals surface area (Å²) in [6.07, 6.45) is 3.20. The molecule has 0 aromatic carbocycles. The van der Waals surface area contributed by atoms with Crippen LogP contribution in [0.5, 0.6) is 0 Å². The van der Waals surface area contributed by atoms with Crippen LogP contribution in [0.15, 0.2) is 0 Å². The van der Waals surface area contributed by atoms with Crippen molar-refractivity contribution in [1.29, 1.82) is 0 Å².